The van der Waals surface area contributed by atoms with Gasteiger partial charge in [0.15, 0.2) is 0 Å². The molecule has 5 heteroatoms. The Kier molecular flexibility index (Phi) is 5.95. The lowest BCUT2D eigenvalue weighted by Crippen LogP contribution is -2.21. The van der Waals surface area contributed by atoms with Crippen molar-refractivity contribution in [2.24, 2.45) is 0 Å². The Morgan fingerprint density at radius 2 is 1.50 bits per heavy atom. The van der Waals surface area contributed by atoms with Gasteiger partial charge < -0.3 is 15.5 Å². The number of hydrogen-bond acceptors (Lipinski definition) is 3. The van der Waals surface area contributed by atoms with Crippen molar-refractivity contribution in [2.45, 2.75) is 20.8 Å². The maximum absolute atomic E-state index is 12.4. The van der Waals surface area contributed by atoms with E-state index in [2.05, 4.69) is 29.4 Å². The first-order valence-corrected chi connectivity index (χ1v) is 8.07. The van der Waals surface area contributed by atoms with Gasteiger partial charge in [0, 0.05) is 42.6 Å². The van der Waals surface area contributed by atoms with Crippen LogP contribution in [-0.4, -0.2) is 24.9 Å². The summed E-state index contributed by atoms with van der Waals surface area (Å²) < 4.78 is 0. The van der Waals surface area contributed by atoms with Crippen molar-refractivity contribution in [3.63, 3.8) is 0 Å². The smallest absolute Gasteiger partial charge is 0.255 e. The Hall–Kier alpha value is -2.82. The topological polar surface area (TPSA) is 61.4 Å². The molecule has 0 aliphatic heterocycles. The van der Waals surface area contributed by atoms with Crippen molar-refractivity contribution in [1.82, 2.24) is 0 Å². The first kappa shape index (κ1) is 17.5. The predicted octanol–water partition coefficient (Wildman–Crippen LogP) is 3.74. The molecule has 2 N–H and O–H groups in total. The highest BCUT2D eigenvalue weighted by Gasteiger charge is 2.08. The average molecular weight is 325 g/mol. The third-order valence-electron chi connectivity index (χ3n) is 3.70. The third-order valence-corrected chi connectivity index (χ3v) is 3.70. The normalized spacial score (nSPS) is 10.1. The van der Waals surface area contributed by atoms with E-state index in [1.807, 2.05) is 24.3 Å². The van der Waals surface area contributed by atoms with Crippen LogP contribution in [0.2, 0.25) is 0 Å². The highest BCUT2D eigenvalue weighted by atomic mass is 16.2. The van der Waals surface area contributed by atoms with E-state index in [9.17, 15) is 9.59 Å². The lowest BCUT2D eigenvalue weighted by molar-refractivity contribution is -0.114. The molecule has 2 amide bonds. The molecule has 2 aromatic rings. The van der Waals surface area contributed by atoms with Crippen LogP contribution < -0.4 is 15.5 Å². The molecule has 24 heavy (non-hydrogen) atoms. The molecule has 0 atom stereocenters. The van der Waals surface area contributed by atoms with E-state index in [0.29, 0.717) is 16.9 Å². The number of amides is 2. The molecule has 2 aromatic carbocycles. The van der Waals surface area contributed by atoms with Crippen LogP contribution >= 0.6 is 0 Å². The second-order valence-corrected chi connectivity index (χ2v) is 5.44. The molecule has 0 fully saturated rings. The summed E-state index contributed by atoms with van der Waals surface area (Å²) in [5.74, 6) is -0.327. The van der Waals surface area contributed by atoms with Gasteiger partial charge in [0.1, 0.15) is 0 Å². The molecular weight excluding hydrogens is 302 g/mol. The van der Waals surface area contributed by atoms with Crippen LogP contribution in [-0.2, 0) is 4.79 Å². The number of benzene rings is 2. The minimum Gasteiger partial charge on any atom is -0.372 e. The van der Waals surface area contributed by atoms with Crippen LogP contribution in [0.25, 0.3) is 0 Å². The van der Waals surface area contributed by atoms with Crippen LogP contribution in [0.1, 0.15) is 31.1 Å². The summed E-state index contributed by atoms with van der Waals surface area (Å²) in [5, 5.41) is 5.54. The fourth-order valence-electron chi connectivity index (χ4n) is 2.49. The van der Waals surface area contributed by atoms with Crippen molar-refractivity contribution in [3.05, 3.63) is 54.1 Å². The Morgan fingerprint density at radius 1 is 0.917 bits per heavy atom. The monoisotopic (exact) mass is 325 g/mol. The lowest BCUT2D eigenvalue weighted by atomic mass is 10.1. The van der Waals surface area contributed by atoms with Gasteiger partial charge in [-0.25, -0.2) is 0 Å². The first-order valence-electron chi connectivity index (χ1n) is 8.07. The van der Waals surface area contributed by atoms with Gasteiger partial charge in [0.05, 0.1) is 0 Å². The second-order valence-electron chi connectivity index (χ2n) is 5.44. The molecule has 0 aliphatic carbocycles. The zero-order valence-electron chi connectivity index (χ0n) is 14.3. The Labute approximate surface area is 142 Å². The minimum absolute atomic E-state index is 0.148. The summed E-state index contributed by atoms with van der Waals surface area (Å²) in [6, 6.07) is 14.6. The van der Waals surface area contributed by atoms with Gasteiger partial charge in [0.25, 0.3) is 5.91 Å². The SMILES string of the molecule is CCN(CC)c1ccc(C(=O)Nc2cccc(NC(C)=O)c2)cc1. The quantitative estimate of drug-likeness (QED) is 0.850. The molecule has 126 valence electrons. The number of carbonyl (C=O) groups excluding carboxylic acids is 2. The van der Waals surface area contributed by atoms with E-state index < -0.39 is 0 Å². The van der Waals surface area contributed by atoms with Gasteiger partial charge in [-0.3, -0.25) is 9.59 Å². The van der Waals surface area contributed by atoms with E-state index in [-0.39, 0.29) is 11.8 Å². The number of hydrogen-bond donors (Lipinski definition) is 2. The second kappa shape index (κ2) is 8.15. The van der Waals surface area contributed by atoms with Gasteiger partial charge in [-0.1, -0.05) is 6.07 Å². The largest absolute Gasteiger partial charge is 0.372 e. The summed E-state index contributed by atoms with van der Waals surface area (Å²) in [6.07, 6.45) is 0. The van der Waals surface area contributed by atoms with Crippen molar-refractivity contribution >= 4 is 28.9 Å². The standard InChI is InChI=1S/C19H23N3O2/c1-4-22(5-2)18-11-9-15(10-12-18)19(24)21-17-8-6-7-16(13-17)20-14(3)23/h6-13H,4-5H2,1-3H3,(H,20,23)(H,21,24). The van der Waals surface area contributed by atoms with E-state index >= 15 is 0 Å². The summed E-state index contributed by atoms with van der Waals surface area (Å²) in [6.45, 7) is 7.51. The molecule has 0 aromatic heterocycles. The molecule has 0 radical (unpaired) electrons. The van der Waals surface area contributed by atoms with Crippen molar-refractivity contribution < 1.29 is 9.59 Å². The Balaban J connectivity index is 2.08. The highest BCUT2D eigenvalue weighted by Crippen LogP contribution is 2.18. The molecule has 0 unspecified atom stereocenters. The van der Waals surface area contributed by atoms with E-state index in [1.165, 1.54) is 6.92 Å². The van der Waals surface area contributed by atoms with Gasteiger partial charge >= 0.3 is 0 Å². The first-order chi connectivity index (χ1) is 11.5. The molecule has 5 nitrogen and oxygen atoms in total. The molecule has 2 rings (SSSR count). The third kappa shape index (κ3) is 4.59. The predicted molar refractivity (Wildman–Crippen MR) is 98.7 cm³/mol. The average Bonchev–Trinajstić information content (AvgIpc) is 2.56. The molecule has 0 aliphatic rings. The molecular formula is C19H23N3O2. The fourth-order valence-corrected chi connectivity index (χ4v) is 2.49. The maximum atomic E-state index is 12.4. The lowest BCUT2D eigenvalue weighted by Gasteiger charge is -2.21. The summed E-state index contributed by atoms with van der Waals surface area (Å²) in [7, 11) is 0. The van der Waals surface area contributed by atoms with Gasteiger partial charge in [-0.05, 0) is 56.3 Å². The molecule has 0 saturated heterocycles. The molecule has 0 heterocycles. The van der Waals surface area contributed by atoms with E-state index in [0.717, 1.165) is 18.8 Å². The van der Waals surface area contributed by atoms with Crippen LogP contribution in [0.5, 0.6) is 0 Å². The van der Waals surface area contributed by atoms with E-state index in [1.54, 1.807) is 24.3 Å². The Bertz CT molecular complexity index is 707. The number of nitrogens with one attached hydrogen (secondary N) is 2. The molecule has 0 bridgehead atoms. The fraction of sp³-hybridized carbons (Fsp3) is 0.263. The van der Waals surface area contributed by atoms with Crippen LogP contribution in [0, 0.1) is 0 Å². The maximum Gasteiger partial charge on any atom is 0.255 e. The summed E-state index contributed by atoms with van der Waals surface area (Å²) in [4.78, 5) is 25.7. The number of rotatable bonds is 6. The zero-order chi connectivity index (χ0) is 17.5. The van der Waals surface area contributed by atoms with Crippen LogP contribution in [0.3, 0.4) is 0 Å². The Morgan fingerprint density at radius 3 is 2.04 bits per heavy atom. The number of nitrogens with zero attached hydrogens (tertiary/aromatic N) is 1. The number of anilines is 3. The van der Waals surface area contributed by atoms with Crippen LogP contribution in [0.4, 0.5) is 17.1 Å². The summed E-state index contributed by atoms with van der Waals surface area (Å²) >= 11 is 0. The van der Waals surface area contributed by atoms with Gasteiger partial charge in [0.2, 0.25) is 5.91 Å². The molecule has 0 saturated carbocycles. The van der Waals surface area contributed by atoms with Crippen molar-refractivity contribution in [2.75, 3.05) is 28.6 Å². The minimum atomic E-state index is -0.180. The molecule has 0 spiro atoms. The van der Waals surface area contributed by atoms with E-state index in [4.69, 9.17) is 0 Å². The van der Waals surface area contributed by atoms with Gasteiger partial charge in [-0.2, -0.15) is 0 Å². The van der Waals surface area contributed by atoms with Crippen LogP contribution in [0.15, 0.2) is 48.5 Å². The van der Waals surface area contributed by atoms with Crippen molar-refractivity contribution in [3.8, 4) is 0 Å². The highest BCUT2D eigenvalue weighted by molar-refractivity contribution is 6.04. The summed E-state index contributed by atoms with van der Waals surface area (Å²) in [5.41, 5.74) is 2.98. The van der Waals surface area contributed by atoms with Gasteiger partial charge in [-0.15, -0.1) is 0 Å². The van der Waals surface area contributed by atoms with Crippen molar-refractivity contribution in [1.29, 1.82) is 0 Å². The number of carbonyl (C=O) groups is 2. The zero-order valence-corrected chi connectivity index (χ0v) is 14.3.